The zero-order chi connectivity index (χ0) is 13.4. The number of nitrogens with zero attached hydrogens (tertiary/aromatic N) is 1. The Balaban J connectivity index is 2.39. The third kappa shape index (κ3) is 5.63. The van der Waals surface area contributed by atoms with E-state index >= 15 is 0 Å². The molecule has 0 saturated heterocycles. The molecule has 0 aromatic heterocycles. The monoisotopic (exact) mass is 249 g/mol. The van der Waals surface area contributed by atoms with E-state index in [1.54, 1.807) is 0 Å². The summed E-state index contributed by atoms with van der Waals surface area (Å²) >= 11 is 0. The maximum atomic E-state index is 5.91. The van der Waals surface area contributed by atoms with Gasteiger partial charge in [0.05, 0.1) is 0 Å². The zero-order valence-electron chi connectivity index (χ0n) is 11.9. The molecule has 0 saturated carbocycles. The van der Waals surface area contributed by atoms with Crippen LogP contribution in [0.1, 0.15) is 18.9 Å². The van der Waals surface area contributed by atoms with E-state index in [2.05, 4.69) is 61.6 Å². The average molecular weight is 249 g/mol. The van der Waals surface area contributed by atoms with Gasteiger partial charge in [-0.3, -0.25) is 0 Å². The minimum atomic E-state index is 0.0336. The summed E-state index contributed by atoms with van der Waals surface area (Å²) in [7, 11) is 4.18. The van der Waals surface area contributed by atoms with Crippen LogP contribution in [0.3, 0.4) is 0 Å². The second-order valence-electron chi connectivity index (χ2n) is 5.48. The van der Waals surface area contributed by atoms with Crippen molar-refractivity contribution in [2.75, 3.05) is 33.7 Å². The molecule has 1 atom stereocenters. The molecular formula is C15H27N3. The molecule has 1 rings (SSSR count). The number of nitrogens with two attached hydrogens (primary N) is 1. The largest absolute Gasteiger partial charge is 0.329 e. The van der Waals surface area contributed by atoms with Gasteiger partial charge >= 0.3 is 0 Å². The van der Waals surface area contributed by atoms with Crippen LogP contribution >= 0.6 is 0 Å². The Labute approximate surface area is 111 Å². The van der Waals surface area contributed by atoms with Crippen LogP contribution in [0.5, 0.6) is 0 Å². The fraction of sp³-hybridized carbons (Fsp3) is 0.600. The highest BCUT2D eigenvalue weighted by molar-refractivity contribution is 5.15. The van der Waals surface area contributed by atoms with Gasteiger partial charge < -0.3 is 16.0 Å². The third-order valence-corrected chi connectivity index (χ3v) is 3.37. The maximum Gasteiger partial charge on any atom is 0.0279 e. The first-order chi connectivity index (χ1) is 8.56. The lowest BCUT2D eigenvalue weighted by Crippen LogP contribution is -2.50. The molecule has 102 valence electrons. The van der Waals surface area contributed by atoms with Crippen LogP contribution in [0.4, 0.5) is 0 Å². The first-order valence-electron chi connectivity index (χ1n) is 6.69. The van der Waals surface area contributed by atoms with Crippen molar-refractivity contribution in [3.05, 3.63) is 35.9 Å². The molecule has 0 radical (unpaired) electrons. The van der Waals surface area contributed by atoms with E-state index in [1.807, 2.05) is 0 Å². The van der Waals surface area contributed by atoms with Gasteiger partial charge in [0.15, 0.2) is 0 Å². The minimum absolute atomic E-state index is 0.0336. The number of aryl methyl sites for hydroxylation is 1. The van der Waals surface area contributed by atoms with Gasteiger partial charge in [-0.1, -0.05) is 30.3 Å². The highest BCUT2D eigenvalue weighted by Crippen LogP contribution is 2.13. The van der Waals surface area contributed by atoms with Crippen molar-refractivity contribution in [1.29, 1.82) is 0 Å². The number of hydrogen-bond donors (Lipinski definition) is 2. The van der Waals surface area contributed by atoms with Gasteiger partial charge in [0.1, 0.15) is 0 Å². The second-order valence-corrected chi connectivity index (χ2v) is 5.48. The summed E-state index contributed by atoms with van der Waals surface area (Å²) < 4.78 is 0. The predicted octanol–water partition coefficient (Wildman–Crippen LogP) is 1.49. The van der Waals surface area contributed by atoms with Gasteiger partial charge in [-0.15, -0.1) is 0 Å². The Hall–Kier alpha value is -0.900. The topological polar surface area (TPSA) is 41.3 Å². The summed E-state index contributed by atoms with van der Waals surface area (Å²) in [5.41, 5.74) is 7.33. The van der Waals surface area contributed by atoms with Crippen LogP contribution in [0.25, 0.3) is 0 Å². The first-order valence-corrected chi connectivity index (χ1v) is 6.69. The van der Waals surface area contributed by atoms with E-state index in [0.29, 0.717) is 6.54 Å². The molecule has 1 aromatic rings. The number of rotatable bonds is 8. The van der Waals surface area contributed by atoms with Crippen molar-refractivity contribution in [1.82, 2.24) is 10.2 Å². The predicted molar refractivity (Wildman–Crippen MR) is 78.8 cm³/mol. The van der Waals surface area contributed by atoms with Gasteiger partial charge in [-0.25, -0.2) is 0 Å². The summed E-state index contributed by atoms with van der Waals surface area (Å²) in [6.07, 6.45) is 2.14. The lowest BCUT2D eigenvalue weighted by molar-refractivity contribution is 0.310. The molecule has 0 heterocycles. The summed E-state index contributed by atoms with van der Waals surface area (Å²) in [4.78, 5) is 2.18. The van der Waals surface area contributed by atoms with Crippen molar-refractivity contribution in [3.8, 4) is 0 Å². The van der Waals surface area contributed by atoms with E-state index < -0.39 is 0 Å². The average Bonchev–Trinajstić information content (AvgIpc) is 2.37. The van der Waals surface area contributed by atoms with Crippen molar-refractivity contribution in [2.45, 2.75) is 25.3 Å². The molecule has 0 aliphatic heterocycles. The molecule has 3 nitrogen and oxygen atoms in total. The van der Waals surface area contributed by atoms with Gasteiger partial charge in [0, 0.05) is 25.2 Å². The normalized spacial score (nSPS) is 14.7. The number of benzene rings is 1. The van der Waals surface area contributed by atoms with Crippen molar-refractivity contribution >= 4 is 0 Å². The van der Waals surface area contributed by atoms with E-state index in [4.69, 9.17) is 5.73 Å². The Morgan fingerprint density at radius 2 is 1.89 bits per heavy atom. The van der Waals surface area contributed by atoms with Crippen LogP contribution in [0.2, 0.25) is 0 Å². The van der Waals surface area contributed by atoms with E-state index in [9.17, 15) is 0 Å². The SMILES string of the molecule is CN(C)CCNC(C)(CN)CCc1ccccc1. The molecule has 0 spiro atoms. The van der Waals surface area contributed by atoms with Crippen molar-refractivity contribution < 1.29 is 0 Å². The molecular weight excluding hydrogens is 222 g/mol. The van der Waals surface area contributed by atoms with Gasteiger partial charge in [0.2, 0.25) is 0 Å². The molecule has 0 amide bonds. The molecule has 0 aliphatic rings. The summed E-state index contributed by atoms with van der Waals surface area (Å²) in [5, 5.41) is 3.58. The molecule has 3 heteroatoms. The molecule has 18 heavy (non-hydrogen) atoms. The highest BCUT2D eigenvalue weighted by atomic mass is 15.1. The lowest BCUT2D eigenvalue weighted by atomic mass is 9.93. The number of nitrogens with one attached hydrogen (secondary N) is 1. The van der Waals surface area contributed by atoms with E-state index in [-0.39, 0.29) is 5.54 Å². The molecule has 3 N–H and O–H groups in total. The summed E-state index contributed by atoms with van der Waals surface area (Å²) in [6, 6.07) is 10.6. The maximum absolute atomic E-state index is 5.91. The fourth-order valence-electron chi connectivity index (χ4n) is 1.91. The van der Waals surface area contributed by atoms with E-state index in [0.717, 1.165) is 25.9 Å². The lowest BCUT2D eigenvalue weighted by Gasteiger charge is -2.30. The minimum Gasteiger partial charge on any atom is -0.329 e. The summed E-state index contributed by atoms with van der Waals surface area (Å²) in [6.45, 7) is 4.91. The molecule has 0 fully saturated rings. The van der Waals surface area contributed by atoms with Gasteiger partial charge in [-0.2, -0.15) is 0 Å². The molecule has 1 unspecified atom stereocenters. The Kier molecular flexibility index (Phi) is 6.33. The van der Waals surface area contributed by atoms with Crippen LogP contribution < -0.4 is 11.1 Å². The van der Waals surface area contributed by atoms with Crippen LogP contribution in [-0.4, -0.2) is 44.2 Å². The fourth-order valence-corrected chi connectivity index (χ4v) is 1.91. The van der Waals surface area contributed by atoms with Crippen molar-refractivity contribution in [2.24, 2.45) is 5.73 Å². The Morgan fingerprint density at radius 1 is 1.22 bits per heavy atom. The van der Waals surface area contributed by atoms with Gasteiger partial charge in [-0.05, 0) is 39.4 Å². The van der Waals surface area contributed by atoms with Gasteiger partial charge in [0.25, 0.3) is 0 Å². The first kappa shape index (κ1) is 15.2. The van der Waals surface area contributed by atoms with Crippen molar-refractivity contribution in [3.63, 3.8) is 0 Å². The van der Waals surface area contributed by atoms with Crippen LogP contribution in [-0.2, 0) is 6.42 Å². The number of hydrogen-bond acceptors (Lipinski definition) is 3. The standard InChI is InChI=1S/C15H27N3/c1-15(13-16,17-11-12-18(2)3)10-9-14-7-5-4-6-8-14/h4-8,17H,9-13,16H2,1-3H3. The highest BCUT2D eigenvalue weighted by Gasteiger charge is 2.20. The second kappa shape index (κ2) is 7.52. The van der Waals surface area contributed by atoms with Crippen LogP contribution in [0.15, 0.2) is 30.3 Å². The number of likely N-dealkylation sites (N-methyl/N-ethyl adjacent to an activating group) is 1. The summed E-state index contributed by atoms with van der Waals surface area (Å²) in [5.74, 6) is 0. The van der Waals surface area contributed by atoms with Crippen LogP contribution in [0, 0.1) is 0 Å². The smallest absolute Gasteiger partial charge is 0.0279 e. The zero-order valence-corrected chi connectivity index (χ0v) is 11.9. The molecule has 1 aromatic carbocycles. The third-order valence-electron chi connectivity index (χ3n) is 3.37. The Morgan fingerprint density at radius 3 is 2.44 bits per heavy atom. The molecule has 0 aliphatic carbocycles. The quantitative estimate of drug-likeness (QED) is 0.733. The Bertz CT molecular complexity index is 324. The van der Waals surface area contributed by atoms with E-state index in [1.165, 1.54) is 5.56 Å². The molecule has 0 bridgehead atoms.